The van der Waals surface area contributed by atoms with Crippen molar-refractivity contribution in [2.24, 2.45) is 17.6 Å². The Labute approximate surface area is 117 Å². The molecule has 1 aliphatic carbocycles. The molecule has 0 aromatic heterocycles. The molecule has 4 heteroatoms. The molecular weight excluding hydrogens is 240 g/mol. The van der Waals surface area contributed by atoms with Gasteiger partial charge < -0.3 is 16.2 Å². The molecule has 0 aromatic carbocycles. The lowest BCUT2D eigenvalue weighted by atomic mass is 9.87. The molecule has 0 aliphatic heterocycles. The SMILES string of the molecule is CCC(CCN)CCC(=O)NCC1CCCC(O)C1. The van der Waals surface area contributed by atoms with Gasteiger partial charge in [-0.2, -0.15) is 0 Å². The predicted octanol–water partition coefficient (Wildman–Crippen LogP) is 1.81. The highest BCUT2D eigenvalue weighted by Crippen LogP contribution is 2.23. The molecular formula is C15H30N2O2. The van der Waals surface area contributed by atoms with Gasteiger partial charge in [-0.3, -0.25) is 4.79 Å². The first-order valence-corrected chi connectivity index (χ1v) is 7.80. The minimum absolute atomic E-state index is 0.149. The second-order valence-electron chi connectivity index (χ2n) is 5.88. The Balaban J connectivity index is 2.13. The van der Waals surface area contributed by atoms with Gasteiger partial charge in [0, 0.05) is 13.0 Å². The second-order valence-corrected chi connectivity index (χ2v) is 5.88. The molecule has 0 heterocycles. The Morgan fingerprint density at radius 2 is 2.21 bits per heavy atom. The van der Waals surface area contributed by atoms with Gasteiger partial charge in [0.2, 0.25) is 5.91 Å². The van der Waals surface area contributed by atoms with Crippen LogP contribution in [0.3, 0.4) is 0 Å². The molecule has 1 fully saturated rings. The number of nitrogens with one attached hydrogen (secondary N) is 1. The summed E-state index contributed by atoms with van der Waals surface area (Å²) >= 11 is 0. The van der Waals surface area contributed by atoms with E-state index in [9.17, 15) is 9.90 Å². The highest BCUT2D eigenvalue weighted by Gasteiger charge is 2.20. The molecule has 1 amide bonds. The van der Waals surface area contributed by atoms with Crippen molar-refractivity contribution >= 4 is 5.91 Å². The van der Waals surface area contributed by atoms with E-state index in [0.29, 0.717) is 24.8 Å². The van der Waals surface area contributed by atoms with Crippen LogP contribution in [0.15, 0.2) is 0 Å². The lowest BCUT2D eigenvalue weighted by Crippen LogP contribution is -2.33. The molecule has 4 N–H and O–H groups in total. The number of hydrogen-bond acceptors (Lipinski definition) is 3. The molecule has 0 saturated heterocycles. The van der Waals surface area contributed by atoms with Crippen LogP contribution in [0.2, 0.25) is 0 Å². The van der Waals surface area contributed by atoms with Crippen LogP contribution in [-0.4, -0.2) is 30.2 Å². The fraction of sp³-hybridized carbons (Fsp3) is 0.933. The van der Waals surface area contributed by atoms with E-state index in [1.165, 1.54) is 0 Å². The van der Waals surface area contributed by atoms with Crippen molar-refractivity contribution in [3.05, 3.63) is 0 Å². The third-order valence-corrected chi connectivity index (χ3v) is 4.27. The summed E-state index contributed by atoms with van der Waals surface area (Å²) in [5, 5.41) is 12.6. The first-order valence-electron chi connectivity index (χ1n) is 7.80. The lowest BCUT2D eigenvalue weighted by Gasteiger charge is -2.26. The molecule has 0 spiro atoms. The van der Waals surface area contributed by atoms with Crippen molar-refractivity contribution in [3.63, 3.8) is 0 Å². The minimum Gasteiger partial charge on any atom is -0.393 e. The van der Waals surface area contributed by atoms with E-state index < -0.39 is 0 Å². The summed E-state index contributed by atoms with van der Waals surface area (Å²) < 4.78 is 0. The van der Waals surface area contributed by atoms with Crippen LogP contribution >= 0.6 is 0 Å². The van der Waals surface area contributed by atoms with Gasteiger partial charge in [-0.25, -0.2) is 0 Å². The van der Waals surface area contributed by atoms with Crippen molar-refractivity contribution in [1.82, 2.24) is 5.32 Å². The van der Waals surface area contributed by atoms with Gasteiger partial charge in [0.05, 0.1) is 6.10 Å². The Hall–Kier alpha value is -0.610. The van der Waals surface area contributed by atoms with Crippen LogP contribution in [0.25, 0.3) is 0 Å². The second kappa shape index (κ2) is 9.32. The number of aliphatic hydroxyl groups excluding tert-OH is 1. The van der Waals surface area contributed by atoms with Gasteiger partial charge in [-0.1, -0.05) is 19.8 Å². The minimum atomic E-state index is -0.162. The fourth-order valence-corrected chi connectivity index (χ4v) is 2.92. The molecule has 0 aromatic rings. The largest absolute Gasteiger partial charge is 0.393 e. The van der Waals surface area contributed by atoms with Crippen molar-refractivity contribution in [3.8, 4) is 0 Å². The highest BCUT2D eigenvalue weighted by atomic mass is 16.3. The number of carbonyl (C=O) groups excluding carboxylic acids is 1. The van der Waals surface area contributed by atoms with Crippen LogP contribution in [-0.2, 0) is 4.79 Å². The standard InChI is InChI=1S/C15H30N2O2/c1-2-12(8-9-16)6-7-15(19)17-11-13-4-3-5-14(18)10-13/h12-14,18H,2-11,16H2,1H3,(H,17,19). The Bertz CT molecular complexity index is 259. The number of hydrogen-bond donors (Lipinski definition) is 3. The molecule has 1 saturated carbocycles. The maximum absolute atomic E-state index is 11.8. The first kappa shape index (κ1) is 16.4. The topological polar surface area (TPSA) is 75.4 Å². The van der Waals surface area contributed by atoms with E-state index in [1.54, 1.807) is 0 Å². The zero-order valence-electron chi connectivity index (χ0n) is 12.2. The molecule has 112 valence electrons. The van der Waals surface area contributed by atoms with E-state index in [2.05, 4.69) is 12.2 Å². The summed E-state index contributed by atoms with van der Waals surface area (Å²) in [6.07, 6.45) is 7.45. The third kappa shape index (κ3) is 6.92. The molecule has 0 radical (unpaired) electrons. The average molecular weight is 270 g/mol. The van der Waals surface area contributed by atoms with Gasteiger partial charge in [0.1, 0.15) is 0 Å². The quantitative estimate of drug-likeness (QED) is 0.629. The molecule has 0 bridgehead atoms. The summed E-state index contributed by atoms with van der Waals surface area (Å²) in [7, 11) is 0. The van der Waals surface area contributed by atoms with Crippen LogP contribution < -0.4 is 11.1 Å². The smallest absolute Gasteiger partial charge is 0.220 e. The van der Waals surface area contributed by atoms with Crippen LogP contribution in [0.1, 0.15) is 58.3 Å². The van der Waals surface area contributed by atoms with Crippen molar-refractivity contribution in [1.29, 1.82) is 0 Å². The Morgan fingerprint density at radius 1 is 1.42 bits per heavy atom. The van der Waals surface area contributed by atoms with E-state index in [1.807, 2.05) is 0 Å². The summed E-state index contributed by atoms with van der Waals surface area (Å²) in [4.78, 5) is 11.8. The average Bonchev–Trinajstić information content (AvgIpc) is 2.41. The molecule has 3 unspecified atom stereocenters. The predicted molar refractivity (Wildman–Crippen MR) is 77.7 cm³/mol. The number of amides is 1. The zero-order chi connectivity index (χ0) is 14.1. The van der Waals surface area contributed by atoms with E-state index >= 15 is 0 Å². The van der Waals surface area contributed by atoms with E-state index in [0.717, 1.165) is 51.5 Å². The molecule has 4 nitrogen and oxygen atoms in total. The maximum Gasteiger partial charge on any atom is 0.220 e. The summed E-state index contributed by atoms with van der Waals surface area (Å²) in [5.41, 5.74) is 5.56. The van der Waals surface area contributed by atoms with Gasteiger partial charge >= 0.3 is 0 Å². The number of rotatable bonds is 8. The zero-order valence-corrected chi connectivity index (χ0v) is 12.2. The van der Waals surface area contributed by atoms with Crippen molar-refractivity contribution < 1.29 is 9.90 Å². The summed E-state index contributed by atoms with van der Waals surface area (Å²) in [6.45, 7) is 3.59. The van der Waals surface area contributed by atoms with Gasteiger partial charge in [-0.15, -0.1) is 0 Å². The lowest BCUT2D eigenvalue weighted by molar-refractivity contribution is -0.121. The Morgan fingerprint density at radius 3 is 2.84 bits per heavy atom. The van der Waals surface area contributed by atoms with Crippen LogP contribution in [0.4, 0.5) is 0 Å². The molecule has 19 heavy (non-hydrogen) atoms. The van der Waals surface area contributed by atoms with Gasteiger partial charge in [0.15, 0.2) is 0 Å². The summed E-state index contributed by atoms with van der Waals surface area (Å²) in [5.74, 6) is 1.18. The van der Waals surface area contributed by atoms with Crippen LogP contribution in [0, 0.1) is 11.8 Å². The fourth-order valence-electron chi connectivity index (χ4n) is 2.92. The van der Waals surface area contributed by atoms with Crippen molar-refractivity contribution in [2.45, 2.75) is 64.4 Å². The normalized spacial score (nSPS) is 25.0. The molecule has 1 rings (SSSR count). The Kier molecular flexibility index (Phi) is 8.07. The highest BCUT2D eigenvalue weighted by molar-refractivity contribution is 5.75. The van der Waals surface area contributed by atoms with E-state index in [4.69, 9.17) is 5.73 Å². The van der Waals surface area contributed by atoms with Gasteiger partial charge in [-0.05, 0) is 50.5 Å². The maximum atomic E-state index is 11.8. The number of nitrogens with two attached hydrogens (primary N) is 1. The number of aliphatic hydroxyl groups is 1. The van der Waals surface area contributed by atoms with E-state index in [-0.39, 0.29) is 12.0 Å². The van der Waals surface area contributed by atoms with Crippen molar-refractivity contribution in [2.75, 3.05) is 13.1 Å². The van der Waals surface area contributed by atoms with Crippen LogP contribution in [0.5, 0.6) is 0 Å². The molecule has 3 atom stereocenters. The monoisotopic (exact) mass is 270 g/mol. The summed E-state index contributed by atoms with van der Waals surface area (Å²) in [6, 6.07) is 0. The van der Waals surface area contributed by atoms with Gasteiger partial charge in [0.25, 0.3) is 0 Å². The third-order valence-electron chi connectivity index (χ3n) is 4.27. The first-order chi connectivity index (χ1) is 9.15. The molecule has 1 aliphatic rings. The number of carbonyl (C=O) groups is 1.